The Morgan fingerprint density at radius 2 is 1.60 bits per heavy atom. The van der Waals surface area contributed by atoms with Crippen LogP contribution in [0.15, 0.2) is 52.3 Å². The van der Waals surface area contributed by atoms with Gasteiger partial charge in [0.15, 0.2) is 0 Å². The van der Waals surface area contributed by atoms with Crippen molar-refractivity contribution in [2.24, 2.45) is 0 Å². The first-order valence-electron chi connectivity index (χ1n) is 5.87. The van der Waals surface area contributed by atoms with Gasteiger partial charge < -0.3 is 0 Å². The highest BCUT2D eigenvalue weighted by atomic mass is 32.2. The molecule has 1 fully saturated rings. The minimum Gasteiger partial charge on any atom is -0.184 e. The van der Waals surface area contributed by atoms with E-state index in [0.29, 0.717) is 10.5 Å². The molecule has 0 N–H and O–H groups in total. The lowest BCUT2D eigenvalue weighted by Crippen LogP contribution is -2.18. The summed E-state index contributed by atoms with van der Waals surface area (Å²) >= 11 is 1.42. The summed E-state index contributed by atoms with van der Waals surface area (Å²) in [4.78, 5) is 11.8. The molecule has 0 saturated carbocycles. The van der Waals surface area contributed by atoms with Crippen molar-refractivity contribution in [2.45, 2.75) is 21.8 Å². The summed E-state index contributed by atoms with van der Waals surface area (Å²) in [7, 11) is 0. The van der Waals surface area contributed by atoms with Gasteiger partial charge in [0, 0.05) is 20.9 Å². The van der Waals surface area contributed by atoms with Gasteiger partial charge in [-0.2, -0.15) is 22.9 Å². The fourth-order valence-electron chi connectivity index (χ4n) is 2.36. The number of rotatable bonds is 0. The standard InChI is InChI=1S/C14H7F3O2S/c15-14(16,17)8-5-6-12-10(7-8)13(18-19-13)9-3-1-2-4-11(9)20-12/h1-7H. The fraction of sp³-hybridized carbons (Fsp3) is 0.143. The second-order valence-electron chi connectivity index (χ2n) is 4.59. The van der Waals surface area contributed by atoms with Crippen LogP contribution >= 0.6 is 11.8 Å². The van der Waals surface area contributed by atoms with Crippen LogP contribution in [-0.2, 0) is 21.7 Å². The molecule has 0 aromatic heterocycles. The van der Waals surface area contributed by atoms with E-state index in [0.717, 1.165) is 22.6 Å². The molecule has 6 heteroatoms. The molecule has 1 saturated heterocycles. The van der Waals surface area contributed by atoms with Gasteiger partial charge in [-0.3, -0.25) is 0 Å². The second kappa shape index (κ2) is 3.78. The van der Waals surface area contributed by atoms with Gasteiger partial charge >= 0.3 is 6.18 Å². The van der Waals surface area contributed by atoms with E-state index in [-0.39, 0.29) is 0 Å². The first kappa shape index (κ1) is 12.3. The molecular weight excluding hydrogens is 289 g/mol. The van der Waals surface area contributed by atoms with Gasteiger partial charge in [-0.25, -0.2) is 0 Å². The number of hydrogen-bond donors (Lipinski definition) is 0. The number of hydrogen-bond acceptors (Lipinski definition) is 3. The van der Waals surface area contributed by atoms with Crippen molar-refractivity contribution in [3.05, 3.63) is 59.2 Å². The van der Waals surface area contributed by atoms with Gasteiger partial charge in [-0.15, -0.1) is 0 Å². The Morgan fingerprint density at radius 3 is 2.30 bits per heavy atom. The summed E-state index contributed by atoms with van der Waals surface area (Å²) in [5, 5.41) is 0. The molecule has 0 amide bonds. The maximum atomic E-state index is 12.8. The predicted molar refractivity (Wildman–Crippen MR) is 65.0 cm³/mol. The Bertz CT molecular complexity index is 708. The Hall–Kier alpha value is -1.50. The quantitative estimate of drug-likeness (QED) is 0.534. The molecule has 2 heterocycles. The number of alkyl halides is 3. The van der Waals surface area contributed by atoms with E-state index < -0.39 is 17.5 Å². The van der Waals surface area contributed by atoms with E-state index >= 15 is 0 Å². The average Bonchev–Trinajstić information content (AvgIpc) is 3.19. The summed E-state index contributed by atoms with van der Waals surface area (Å²) in [5.41, 5.74) is 0.461. The van der Waals surface area contributed by atoms with Gasteiger partial charge in [0.1, 0.15) is 0 Å². The Balaban J connectivity index is 1.92. The smallest absolute Gasteiger partial charge is 0.184 e. The van der Waals surface area contributed by atoms with E-state index in [1.165, 1.54) is 17.8 Å². The number of benzene rings is 2. The first-order chi connectivity index (χ1) is 9.51. The molecule has 2 nitrogen and oxygen atoms in total. The zero-order valence-corrected chi connectivity index (χ0v) is 10.7. The van der Waals surface area contributed by atoms with E-state index in [4.69, 9.17) is 9.78 Å². The molecule has 2 aromatic rings. The first-order valence-corrected chi connectivity index (χ1v) is 6.68. The molecule has 1 spiro atoms. The summed E-state index contributed by atoms with van der Waals surface area (Å²) in [5.74, 6) is -1.17. The monoisotopic (exact) mass is 296 g/mol. The summed E-state index contributed by atoms with van der Waals surface area (Å²) in [6.45, 7) is 0. The summed E-state index contributed by atoms with van der Waals surface area (Å²) in [6.07, 6.45) is -4.38. The van der Waals surface area contributed by atoms with Crippen LogP contribution < -0.4 is 0 Å². The molecule has 0 bridgehead atoms. The van der Waals surface area contributed by atoms with E-state index in [1.807, 2.05) is 18.2 Å². The zero-order chi connectivity index (χ0) is 14.0. The van der Waals surface area contributed by atoms with E-state index in [9.17, 15) is 13.2 Å². The van der Waals surface area contributed by atoms with Crippen molar-refractivity contribution in [3.8, 4) is 0 Å². The molecule has 2 aliphatic rings. The molecular formula is C14H7F3O2S. The van der Waals surface area contributed by atoms with Crippen LogP contribution in [0.3, 0.4) is 0 Å². The average molecular weight is 296 g/mol. The largest absolute Gasteiger partial charge is 0.416 e. The summed E-state index contributed by atoms with van der Waals surface area (Å²) < 4.78 is 38.5. The molecule has 4 rings (SSSR count). The minimum atomic E-state index is -4.38. The number of halogens is 3. The van der Waals surface area contributed by atoms with Crippen LogP contribution in [0.5, 0.6) is 0 Å². The van der Waals surface area contributed by atoms with Crippen LogP contribution in [-0.4, -0.2) is 0 Å². The lowest BCUT2D eigenvalue weighted by Gasteiger charge is -2.22. The molecule has 20 heavy (non-hydrogen) atoms. The van der Waals surface area contributed by atoms with Gasteiger partial charge in [0.2, 0.25) is 0 Å². The van der Waals surface area contributed by atoms with Crippen molar-refractivity contribution < 1.29 is 22.9 Å². The highest BCUT2D eigenvalue weighted by molar-refractivity contribution is 7.99. The van der Waals surface area contributed by atoms with Crippen molar-refractivity contribution in [3.63, 3.8) is 0 Å². The highest BCUT2D eigenvalue weighted by Gasteiger charge is 2.57. The van der Waals surface area contributed by atoms with Crippen LogP contribution in [0.2, 0.25) is 0 Å². The SMILES string of the molecule is FC(F)(F)c1ccc2c(c1)C1(OO1)c1ccccc1S2. The maximum Gasteiger partial charge on any atom is 0.416 e. The molecule has 0 aliphatic carbocycles. The Kier molecular flexibility index (Phi) is 2.32. The van der Waals surface area contributed by atoms with Crippen LogP contribution in [0.25, 0.3) is 0 Å². The zero-order valence-electron chi connectivity index (χ0n) is 9.90. The minimum absolute atomic E-state index is 0.413. The van der Waals surface area contributed by atoms with Gasteiger partial charge in [-0.05, 0) is 24.3 Å². The van der Waals surface area contributed by atoms with Crippen LogP contribution in [0.4, 0.5) is 13.2 Å². The molecule has 2 aromatic carbocycles. The van der Waals surface area contributed by atoms with Gasteiger partial charge in [0.25, 0.3) is 5.79 Å². The van der Waals surface area contributed by atoms with Crippen molar-refractivity contribution >= 4 is 11.8 Å². The normalized spacial score (nSPS) is 18.6. The predicted octanol–water partition coefficient (Wildman–Crippen LogP) is 4.33. The molecule has 2 aliphatic heterocycles. The third-order valence-corrected chi connectivity index (χ3v) is 4.52. The van der Waals surface area contributed by atoms with E-state index in [1.54, 1.807) is 6.07 Å². The van der Waals surface area contributed by atoms with Gasteiger partial charge in [-0.1, -0.05) is 30.0 Å². The fourth-order valence-corrected chi connectivity index (χ4v) is 3.50. The maximum absolute atomic E-state index is 12.8. The lowest BCUT2D eigenvalue weighted by molar-refractivity contribution is -0.137. The second-order valence-corrected chi connectivity index (χ2v) is 5.67. The van der Waals surface area contributed by atoms with Gasteiger partial charge in [0.05, 0.1) is 5.56 Å². The lowest BCUT2D eigenvalue weighted by atomic mass is 9.96. The van der Waals surface area contributed by atoms with Crippen LogP contribution in [0, 0.1) is 0 Å². The highest BCUT2D eigenvalue weighted by Crippen LogP contribution is 2.57. The molecule has 0 atom stereocenters. The van der Waals surface area contributed by atoms with Crippen molar-refractivity contribution in [1.82, 2.24) is 0 Å². The number of fused-ring (bicyclic) bond motifs is 4. The van der Waals surface area contributed by atoms with Crippen molar-refractivity contribution in [2.75, 3.05) is 0 Å². The Morgan fingerprint density at radius 1 is 0.900 bits per heavy atom. The van der Waals surface area contributed by atoms with Crippen LogP contribution in [0.1, 0.15) is 16.7 Å². The van der Waals surface area contributed by atoms with Crippen molar-refractivity contribution in [1.29, 1.82) is 0 Å². The molecule has 102 valence electrons. The topological polar surface area (TPSA) is 25.1 Å². The third kappa shape index (κ3) is 1.62. The van der Waals surface area contributed by atoms with E-state index in [2.05, 4.69) is 0 Å². The summed E-state index contributed by atoms with van der Waals surface area (Å²) in [6, 6.07) is 11.0. The molecule has 0 unspecified atom stereocenters. The third-order valence-electron chi connectivity index (χ3n) is 3.37. The Labute approximate surface area is 116 Å². The molecule has 0 radical (unpaired) electrons.